The van der Waals surface area contributed by atoms with Crippen LogP contribution in [0.3, 0.4) is 0 Å². The molecule has 1 aliphatic heterocycles. The van der Waals surface area contributed by atoms with E-state index >= 15 is 0 Å². The van der Waals surface area contributed by atoms with Gasteiger partial charge in [-0.3, -0.25) is 0 Å². The molecule has 1 N–H and O–H groups in total. The summed E-state index contributed by atoms with van der Waals surface area (Å²) in [5, 5.41) is 3.61. The van der Waals surface area contributed by atoms with Crippen molar-refractivity contribution < 1.29 is 4.74 Å². The van der Waals surface area contributed by atoms with Gasteiger partial charge in [0, 0.05) is 12.5 Å². The van der Waals surface area contributed by atoms with Crippen LogP contribution in [0.1, 0.15) is 51.3 Å². The molecule has 0 saturated carbocycles. The second kappa shape index (κ2) is 5.31. The van der Waals surface area contributed by atoms with Gasteiger partial charge in [-0.05, 0) is 42.5 Å². The molecule has 1 aliphatic rings. The van der Waals surface area contributed by atoms with Crippen molar-refractivity contribution in [3.8, 4) is 5.75 Å². The Hall–Kier alpha value is -1.02. The third-order valence-electron chi connectivity index (χ3n) is 3.54. The quantitative estimate of drug-likeness (QED) is 0.875. The van der Waals surface area contributed by atoms with Crippen molar-refractivity contribution in [1.82, 2.24) is 5.32 Å². The normalized spacial score (nSPS) is 16.2. The maximum Gasteiger partial charge on any atom is 0.122 e. The van der Waals surface area contributed by atoms with E-state index in [1.54, 1.807) is 0 Å². The molecule has 2 rings (SSSR count). The van der Waals surface area contributed by atoms with Crippen molar-refractivity contribution in [3.63, 3.8) is 0 Å². The summed E-state index contributed by atoms with van der Waals surface area (Å²) in [4.78, 5) is 0. The molecule has 2 heteroatoms. The monoisotopic (exact) mass is 247 g/mol. The van der Waals surface area contributed by atoms with E-state index in [0.29, 0.717) is 11.5 Å². The molecule has 0 fully saturated rings. The highest BCUT2D eigenvalue weighted by Crippen LogP contribution is 2.28. The second-order valence-electron chi connectivity index (χ2n) is 6.45. The van der Waals surface area contributed by atoms with Gasteiger partial charge in [0.1, 0.15) is 5.75 Å². The molecular weight excluding hydrogens is 222 g/mol. The van der Waals surface area contributed by atoms with Crippen LogP contribution in [-0.2, 0) is 6.42 Å². The molecule has 100 valence electrons. The fraction of sp³-hybridized carbons (Fsp3) is 0.625. The molecule has 1 heterocycles. The number of fused-ring (bicyclic) bond motifs is 1. The highest BCUT2D eigenvalue weighted by Gasteiger charge is 2.15. The Labute approximate surface area is 111 Å². The van der Waals surface area contributed by atoms with E-state index < -0.39 is 0 Å². The molecular formula is C16H25NO. The van der Waals surface area contributed by atoms with E-state index in [4.69, 9.17) is 4.74 Å². The SMILES string of the molecule is CC(NCCC(C)(C)C)c1ccc2c(c1)CCO2. The summed E-state index contributed by atoms with van der Waals surface area (Å²) in [6.07, 6.45) is 2.25. The molecule has 1 atom stereocenters. The third kappa shape index (κ3) is 3.49. The Morgan fingerprint density at radius 1 is 1.33 bits per heavy atom. The average molecular weight is 247 g/mol. The van der Waals surface area contributed by atoms with Crippen LogP contribution in [0.4, 0.5) is 0 Å². The average Bonchev–Trinajstić information content (AvgIpc) is 2.73. The maximum atomic E-state index is 5.54. The van der Waals surface area contributed by atoms with Crippen molar-refractivity contribution in [1.29, 1.82) is 0 Å². The van der Waals surface area contributed by atoms with Crippen molar-refractivity contribution >= 4 is 0 Å². The lowest BCUT2D eigenvalue weighted by molar-refractivity contribution is 0.356. The highest BCUT2D eigenvalue weighted by molar-refractivity contribution is 5.40. The van der Waals surface area contributed by atoms with Gasteiger partial charge in [-0.25, -0.2) is 0 Å². The van der Waals surface area contributed by atoms with Crippen molar-refractivity contribution in [2.75, 3.05) is 13.2 Å². The van der Waals surface area contributed by atoms with Crippen LogP contribution in [0.2, 0.25) is 0 Å². The number of benzene rings is 1. The first-order valence-electron chi connectivity index (χ1n) is 6.95. The van der Waals surface area contributed by atoms with Crippen molar-refractivity contribution in [2.45, 2.75) is 46.6 Å². The first kappa shape index (κ1) is 13.4. The first-order chi connectivity index (χ1) is 8.46. The minimum atomic E-state index is 0.401. The van der Waals surface area contributed by atoms with E-state index in [2.05, 4.69) is 51.2 Å². The van der Waals surface area contributed by atoms with Gasteiger partial charge in [0.15, 0.2) is 0 Å². The zero-order valence-corrected chi connectivity index (χ0v) is 12.0. The Morgan fingerprint density at radius 3 is 2.83 bits per heavy atom. The van der Waals surface area contributed by atoms with E-state index in [1.165, 1.54) is 17.5 Å². The molecule has 1 aromatic rings. The van der Waals surface area contributed by atoms with E-state index in [1.807, 2.05) is 0 Å². The van der Waals surface area contributed by atoms with Gasteiger partial charge in [0.05, 0.1) is 6.61 Å². The molecule has 0 spiro atoms. The lowest BCUT2D eigenvalue weighted by atomic mass is 9.92. The van der Waals surface area contributed by atoms with Crippen LogP contribution in [0.25, 0.3) is 0 Å². The van der Waals surface area contributed by atoms with Crippen LogP contribution in [0.15, 0.2) is 18.2 Å². The van der Waals surface area contributed by atoms with Crippen LogP contribution in [0, 0.1) is 5.41 Å². The summed E-state index contributed by atoms with van der Waals surface area (Å²) in [6.45, 7) is 11.0. The number of ether oxygens (including phenoxy) is 1. The van der Waals surface area contributed by atoms with Gasteiger partial charge in [-0.15, -0.1) is 0 Å². The predicted molar refractivity (Wildman–Crippen MR) is 76.1 cm³/mol. The Morgan fingerprint density at radius 2 is 2.11 bits per heavy atom. The zero-order chi connectivity index (χ0) is 13.2. The van der Waals surface area contributed by atoms with Crippen LogP contribution < -0.4 is 10.1 Å². The molecule has 0 saturated heterocycles. The number of nitrogens with one attached hydrogen (secondary N) is 1. The molecule has 0 aliphatic carbocycles. The van der Waals surface area contributed by atoms with Crippen molar-refractivity contribution in [2.24, 2.45) is 5.41 Å². The summed E-state index contributed by atoms with van der Waals surface area (Å²) >= 11 is 0. The summed E-state index contributed by atoms with van der Waals surface area (Å²) in [7, 11) is 0. The summed E-state index contributed by atoms with van der Waals surface area (Å²) in [5.74, 6) is 1.07. The third-order valence-corrected chi connectivity index (χ3v) is 3.54. The molecule has 0 bridgehead atoms. The molecule has 2 nitrogen and oxygen atoms in total. The fourth-order valence-corrected chi connectivity index (χ4v) is 2.26. The number of rotatable bonds is 4. The molecule has 0 amide bonds. The van der Waals surface area contributed by atoms with Crippen LogP contribution in [0.5, 0.6) is 5.75 Å². The molecule has 0 aromatic heterocycles. The highest BCUT2D eigenvalue weighted by atomic mass is 16.5. The molecule has 0 radical (unpaired) electrons. The van der Waals surface area contributed by atoms with Gasteiger partial charge >= 0.3 is 0 Å². The van der Waals surface area contributed by atoms with Gasteiger partial charge in [-0.1, -0.05) is 32.9 Å². The fourth-order valence-electron chi connectivity index (χ4n) is 2.26. The van der Waals surface area contributed by atoms with Crippen molar-refractivity contribution in [3.05, 3.63) is 29.3 Å². The number of hydrogen-bond acceptors (Lipinski definition) is 2. The van der Waals surface area contributed by atoms with E-state index in [-0.39, 0.29) is 0 Å². The van der Waals surface area contributed by atoms with Crippen LogP contribution >= 0.6 is 0 Å². The standard InChI is InChI=1S/C16H25NO/c1-12(17-9-8-16(2,3)4)13-5-6-15-14(11-13)7-10-18-15/h5-6,11-12,17H,7-10H2,1-4H3. The van der Waals surface area contributed by atoms with Gasteiger partial charge in [0.2, 0.25) is 0 Å². The van der Waals surface area contributed by atoms with Gasteiger partial charge < -0.3 is 10.1 Å². The summed E-state index contributed by atoms with van der Waals surface area (Å²) in [6, 6.07) is 6.99. The largest absolute Gasteiger partial charge is 0.493 e. The summed E-state index contributed by atoms with van der Waals surface area (Å²) < 4.78 is 5.54. The van der Waals surface area contributed by atoms with Crippen LogP contribution in [-0.4, -0.2) is 13.2 Å². The minimum absolute atomic E-state index is 0.401. The molecule has 18 heavy (non-hydrogen) atoms. The predicted octanol–water partition coefficient (Wildman–Crippen LogP) is 3.71. The Balaban J connectivity index is 1.91. The maximum absolute atomic E-state index is 5.54. The Kier molecular flexibility index (Phi) is 3.96. The van der Waals surface area contributed by atoms with E-state index in [0.717, 1.165) is 25.3 Å². The number of hydrogen-bond donors (Lipinski definition) is 1. The molecule has 1 unspecified atom stereocenters. The second-order valence-corrected chi connectivity index (χ2v) is 6.45. The van der Waals surface area contributed by atoms with Gasteiger partial charge in [0.25, 0.3) is 0 Å². The smallest absolute Gasteiger partial charge is 0.122 e. The minimum Gasteiger partial charge on any atom is -0.493 e. The lowest BCUT2D eigenvalue weighted by Crippen LogP contribution is -2.23. The topological polar surface area (TPSA) is 21.3 Å². The van der Waals surface area contributed by atoms with Gasteiger partial charge in [-0.2, -0.15) is 0 Å². The lowest BCUT2D eigenvalue weighted by Gasteiger charge is -2.21. The summed E-state index contributed by atoms with van der Waals surface area (Å²) in [5.41, 5.74) is 3.13. The van der Waals surface area contributed by atoms with E-state index in [9.17, 15) is 0 Å². The zero-order valence-electron chi connectivity index (χ0n) is 12.0. The first-order valence-corrected chi connectivity index (χ1v) is 6.95. The molecule has 1 aromatic carbocycles. The Bertz CT molecular complexity index is 406.